The molecule has 1 aromatic carbocycles. The molecule has 0 atom stereocenters. The fourth-order valence-electron chi connectivity index (χ4n) is 1.24. The molecule has 0 aliphatic carbocycles. The first-order valence-electron chi connectivity index (χ1n) is 4.54. The first kappa shape index (κ1) is 9.93. The summed E-state index contributed by atoms with van der Waals surface area (Å²) in [5.74, 6) is 0. The van der Waals surface area contributed by atoms with Gasteiger partial charge < -0.3 is 11.1 Å². The number of rotatable bonds is 4. The maximum atomic E-state index is 7.32. The summed E-state index contributed by atoms with van der Waals surface area (Å²) in [6.45, 7) is 2.43. The molecule has 0 saturated heterocycles. The van der Waals surface area contributed by atoms with Crippen molar-refractivity contribution < 1.29 is 0 Å². The first-order valence-corrected chi connectivity index (χ1v) is 4.54. The molecule has 0 aromatic heterocycles. The molecule has 1 aromatic rings. The molecule has 0 bridgehead atoms. The molecule has 0 unspecified atom stereocenters. The van der Waals surface area contributed by atoms with Crippen molar-refractivity contribution in [2.45, 2.75) is 26.3 Å². The van der Waals surface area contributed by atoms with Gasteiger partial charge in [0.1, 0.15) is 0 Å². The summed E-state index contributed by atoms with van der Waals surface area (Å²) in [5.41, 5.74) is 8.71. The SMILES string of the molecule is CC(=N)CCc1cccc(CN)c1. The number of benzene rings is 1. The molecular formula is C11H16N2. The minimum Gasteiger partial charge on any atom is -0.326 e. The van der Waals surface area contributed by atoms with E-state index in [9.17, 15) is 0 Å². The van der Waals surface area contributed by atoms with Gasteiger partial charge in [0.25, 0.3) is 0 Å². The van der Waals surface area contributed by atoms with Crippen molar-refractivity contribution in [3.05, 3.63) is 35.4 Å². The van der Waals surface area contributed by atoms with Gasteiger partial charge in [-0.15, -0.1) is 0 Å². The zero-order valence-corrected chi connectivity index (χ0v) is 8.01. The topological polar surface area (TPSA) is 49.9 Å². The van der Waals surface area contributed by atoms with Gasteiger partial charge in [-0.05, 0) is 30.9 Å². The fourth-order valence-corrected chi connectivity index (χ4v) is 1.24. The van der Waals surface area contributed by atoms with Crippen LogP contribution < -0.4 is 5.73 Å². The molecule has 0 aliphatic heterocycles. The standard InChI is InChI=1S/C11H16N2/c1-9(13)5-6-10-3-2-4-11(7-10)8-12/h2-4,7,13H,5-6,8,12H2,1H3. The van der Waals surface area contributed by atoms with Crippen LogP contribution in [0.4, 0.5) is 0 Å². The lowest BCUT2D eigenvalue weighted by Crippen LogP contribution is -1.98. The molecule has 3 N–H and O–H groups in total. The van der Waals surface area contributed by atoms with Crippen molar-refractivity contribution in [1.82, 2.24) is 0 Å². The molecule has 0 heterocycles. The molecule has 0 radical (unpaired) electrons. The van der Waals surface area contributed by atoms with Gasteiger partial charge in [-0.2, -0.15) is 0 Å². The minimum absolute atomic E-state index is 0.595. The average molecular weight is 176 g/mol. The fraction of sp³-hybridized carbons (Fsp3) is 0.364. The van der Waals surface area contributed by atoms with E-state index in [4.69, 9.17) is 11.1 Å². The quantitative estimate of drug-likeness (QED) is 0.678. The zero-order valence-electron chi connectivity index (χ0n) is 8.01. The predicted molar refractivity (Wildman–Crippen MR) is 56.1 cm³/mol. The second-order valence-corrected chi connectivity index (χ2v) is 3.30. The van der Waals surface area contributed by atoms with Gasteiger partial charge in [0, 0.05) is 12.3 Å². The number of nitrogens with two attached hydrogens (primary N) is 1. The molecule has 70 valence electrons. The molecular weight excluding hydrogens is 160 g/mol. The van der Waals surface area contributed by atoms with Crippen LogP contribution in [0, 0.1) is 5.41 Å². The summed E-state index contributed by atoms with van der Waals surface area (Å²) in [5, 5.41) is 7.32. The molecule has 0 spiro atoms. The van der Waals surface area contributed by atoms with E-state index in [1.807, 2.05) is 19.1 Å². The van der Waals surface area contributed by atoms with Crippen LogP contribution in [0.25, 0.3) is 0 Å². The number of nitrogens with one attached hydrogen (secondary N) is 1. The Morgan fingerprint density at radius 2 is 2.08 bits per heavy atom. The van der Waals surface area contributed by atoms with Crippen LogP contribution in [0.5, 0.6) is 0 Å². The Kier molecular flexibility index (Phi) is 3.65. The molecule has 2 nitrogen and oxygen atoms in total. The second-order valence-electron chi connectivity index (χ2n) is 3.30. The molecule has 0 fully saturated rings. The van der Waals surface area contributed by atoms with E-state index in [2.05, 4.69) is 12.1 Å². The van der Waals surface area contributed by atoms with E-state index in [0.29, 0.717) is 6.54 Å². The number of hydrogen-bond donors (Lipinski definition) is 2. The Balaban J connectivity index is 2.61. The van der Waals surface area contributed by atoms with Crippen molar-refractivity contribution in [2.75, 3.05) is 0 Å². The largest absolute Gasteiger partial charge is 0.326 e. The highest BCUT2D eigenvalue weighted by atomic mass is 14.5. The van der Waals surface area contributed by atoms with Gasteiger partial charge in [0.05, 0.1) is 0 Å². The Labute approximate surface area is 79.3 Å². The van der Waals surface area contributed by atoms with E-state index in [0.717, 1.165) is 18.6 Å². The average Bonchev–Trinajstić information content (AvgIpc) is 2.15. The van der Waals surface area contributed by atoms with E-state index in [1.165, 1.54) is 11.1 Å². The van der Waals surface area contributed by atoms with Crippen molar-refractivity contribution in [1.29, 1.82) is 5.41 Å². The third-order valence-electron chi connectivity index (χ3n) is 2.02. The first-order chi connectivity index (χ1) is 6.22. The normalized spacial score (nSPS) is 10.0. The number of hydrogen-bond acceptors (Lipinski definition) is 2. The van der Waals surface area contributed by atoms with Crippen LogP contribution in [-0.2, 0) is 13.0 Å². The maximum absolute atomic E-state index is 7.32. The highest BCUT2D eigenvalue weighted by molar-refractivity contribution is 5.78. The summed E-state index contributed by atoms with van der Waals surface area (Å²) >= 11 is 0. The van der Waals surface area contributed by atoms with Gasteiger partial charge in [0.15, 0.2) is 0 Å². The summed E-state index contributed by atoms with van der Waals surface area (Å²) in [4.78, 5) is 0. The molecule has 2 heteroatoms. The highest BCUT2D eigenvalue weighted by Crippen LogP contribution is 2.07. The molecule has 0 amide bonds. The lowest BCUT2D eigenvalue weighted by atomic mass is 10.1. The van der Waals surface area contributed by atoms with Crippen LogP contribution in [0.3, 0.4) is 0 Å². The third kappa shape index (κ3) is 3.38. The van der Waals surface area contributed by atoms with Gasteiger partial charge >= 0.3 is 0 Å². The van der Waals surface area contributed by atoms with Crippen LogP contribution in [0.15, 0.2) is 24.3 Å². The van der Waals surface area contributed by atoms with Crippen LogP contribution >= 0.6 is 0 Å². The molecule has 1 rings (SSSR count). The summed E-state index contributed by atoms with van der Waals surface area (Å²) in [7, 11) is 0. The van der Waals surface area contributed by atoms with Gasteiger partial charge in [-0.1, -0.05) is 24.3 Å². The van der Waals surface area contributed by atoms with Gasteiger partial charge in [0.2, 0.25) is 0 Å². The van der Waals surface area contributed by atoms with Crippen molar-refractivity contribution in [3.63, 3.8) is 0 Å². The van der Waals surface area contributed by atoms with E-state index < -0.39 is 0 Å². The van der Waals surface area contributed by atoms with Crippen LogP contribution in [0.2, 0.25) is 0 Å². The van der Waals surface area contributed by atoms with Crippen molar-refractivity contribution in [3.8, 4) is 0 Å². The van der Waals surface area contributed by atoms with Crippen LogP contribution in [0.1, 0.15) is 24.5 Å². The molecule has 0 saturated carbocycles. The van der Waals surface area contributed by atoms with E-state index in [1.54, 1.807) is 0 Å². The van der Waals surface area contributed by atoms with E-state index >= 15 is 0 Å². The van der Waals surface area contributed by atoms with Crippen molar-refractivity contribution in [2.24, 2.45) is 5.73 Å². The van der Waals surface area contributed by atoms with Gasteiger partial charge in [-0.25, -0.2) is 0 Å². The highest BCUT2D eigenvalue weighted by Gasteiger charge is 1.95. The lowest BCUT2D eigenvalue weighted by Gasteiger charge is -2.02. The van der Waals surface area contributed by atoms with E-state index in [-0.39, 0.29) is 0 Å². The third-order valence-corrected chi connectivity index (χ3v) is 2.02. The smallest absolute Gasteiger partial charge is 0.0178 e. The van der Waals surface area contributed by atoms with Crippen LogP contribution in [-0.4, -0.2) is 5.71 Å². The van der Waals surface area contributed by atoms with Gasteiger partial charge in [-0.3, -0.25) is 0 Å². The lowest BCUT2D eigenvalue weighted by molar-refractivity contribution is 1.00. The Morgan fingerprint density at radius 3 is 2.69 bits per heavy atom. The summed E-state index contributed by atoms with van der Waals surface area (Å²) in [6.07, 6.45) is 1.79. The summed E-state index contributed by atoms with van der Waals surface area (Å²) < 4.78 is 0. The summed E-state index contributed by atoms with van der Waals surface area (Å²) in [6, 6.07) is 8.25. The molecule has 13 heavy (non-hydrogen) atoms. The zero-order chi connectivity index (χ0) is 9.68. The maximum Gasteiger partial charge on any atom is 0.0178 e. The van der Waals surface area contributed by atoms with Crippen molar-refractivity contribution >= 4 is 5.71 Å². The Hall–Kier alpha value is -1.15. The minimum atomic E-state index is 0.595. The monoisotopic (exact) mass is 176 g/mol. The molecule has 0 aliphatic rings. The number of aryl methyl sites for hydroxylation is 1. The second kappa shape index (κ2) is 4.77. The Bertz CT molecular complexity index is 292. The predicted octanol–water partition coefficient (Wildman–Crippen LogP) is 2.12. The Morgan fingerprint density at radius 1 is 1.38 bits per heavy atom.